The third-order valence-corrected chi connectivity index (χ3v) is 5.44. The summed E-state index contributed by atoms with van der Waals surface area (Å²) in [5, 5.41) is 9.73. The maximum Gasteiger partial charge on any atom is 0.233 e. The van der Waals surface area contributed by atoms with Crippen molar-refractivity contribution in [1.29, 1.82) is 0 Å². The molecule has 134 valence electrons. The Kier molecular flexibility index (Phi) is 6.25. The number of carbonyl (C=O) groups is 1. The third-order valence-electron chi connectivity index (χ3n) is 3.74. The number of thioether (sulfide) groups is 1. The van der Waals surface area contributed by atoms with Gasteiger partial charge in [-0.1, -0.05) is 53.7 Å². The van der Waals surface area contributed by atoms with Gasteiger partial charge in [0.25, 0.3) is 0 Å². The van der Waals surface area contributed by atoms with Gasteiger partial charge in [0.05, 0.1) is 12.3 Å². The molecule has 3 rings (SSSR count). The molecule has 1 amide bonds. The quantitative estimate of drug-likeness (QED) is 0.468. The topological polar surface area (TPSA) is 61.9 Å². The lowest BCUT2D eigenvalue weighted by Gasteiger charge is -2.19. The average molecular weight is 385 g/mol. The van der Waals surface area contributed by atoms with Crippen LogP contribution in [0.15, 0.2) is 59.6 Å². The molecule has 0 saturated heterocycles. The maximum absolute atomic E-state index is 12.5. The zero-order valence-corrected chi connectivity index (χ0v) is 16.1. The molecular weight excluding hydrogens is 364 g/mol. The van der Waals surface area contributed by atoms with Crippen molar-refractivity contribution >= 4 is 29.0 Å². The number of H-pyrrole nitrogens is 1. The van der Waals surface area contributed by atoms with Crippen LogP contribution in [0.4, 0.5) is 0 Å². The molecule has 7 heteroatoms. The lowest BCUT2D eigenvalue weighted by atomic mass is 10.1. The standard InChI is InChI=1S/C19H20N4OS2/c1-3-10-23(12-16-5-4-11-25-16)17(24)13-26-19-20-18(21-22-19)15-8-6-14(2)7-9-15/h3-9,11H,1,10,12-13H2,2H3,(H,20,21,22). The highest BCUT2D eigenvalue weighted by Gasteiger charge is 2.15. The summed E-state index contributed by atoms with van der Waals surface area (Å²) < 4.78 is 0. The molecule has 0 aliphatic carbocycles. The summed E-state index contributed by atoms with van der Waals surface area (Å²) in [6.07, 6.45) is 1.75. The Bertz CT molecular complexity index is 856. The van der Waals surface area contributed by atoms with Crippen LogP contribution in [0, 0.1) is 6.92 Å². The summed E-state index contributed by atoms with van der Waals surface area (Å²) in [5.74, 6) is 1.05. The summed E-state index contributed by atoms with van der Waals surface area (Å²) >= 11 is 2.98. The van der Waals surface area contributed by atoms with Gasteiger partial charge in [-0.3, -0.25) is 9.89 Å². The van der Waals surface area contributed by atoms with Crippen molar-refractivity contribution in [2.45, 2.75) is 18.6 Å². The van der Waals surface area contributed by atoms with Gasteiger partial charge in [-0.25, -0.2) is 4.98 Å². The van der Waals surface area contributed by atoms with Crippen LogP contribution >= 0.6 is 23.1 Å². The smallest absolute Gasteiger partial charge is 0.233 e. The first kappa shape index (κ1) is 18.4. The normalized spacial score (nSPS) is 10.7. The molecule has 0 fully saturated rings. The summed E-state index contributed by atoms with van der Waals surface area (Å²) in [6.45, 7) is 6.92. The van der Waals surface area contributed by atoms with E-state index in [2.05, 4.69) is 21.8 Å². The van der Waals surface area contributed by atoms with E-state index in [4.69, 9.17) is 0 Å². The molecule has 0 unspecified atom stereocenters. The highest BCUT2D eigenvalue weighted by molar-refractivity contribution is 7.99. The fraction of sp³-hybridized carbons (Fsp3) is 0.211. The predicted molar refractivity (Wildman–Crippen MR) is 107 cm³/mol. The Morgan fingerprint density at radius 1 is 1.35 bits per heavy atom. The van der Waals surface area contributed by atoms with E-state index in [0.717, 1.165) is 10.4 Å². The maximum atomic E-state index is 12.5. The SMILES string of the molecule is C=CCN(Cc1cccs1)C(=O)CSc1n[nH]c(-c2ccc(C)cc2)n1. The number of rotatable bonds is 8. The summed E-state index contributed by atoms with van der Waals surface area (Å²) in [5.41, 5.74) is 2.17. The molecule has 2 aromatic heterocycles. The molecule has 5 nitrogen and oxygen atoms in total. The van der Waals surface area contributed by atoms with Crippen LogP contribution in [0.2, 0.25) is 0 Å². The molecule has 0 radical (unpaired) electrons. The zero-order chi connectivity index (χ0) is 18.4. The van der Waals surface area contributed by atoms with Crippen LogP contribution in [0.5, 0.6) is 0 Å². The molecule has 1 N–H and O–H groups in total. The number of thiophene rings is 1. The Hall–Kier alpha value is -2.38. The number of hydrogen-bond donors (Lipinski definition) is 1. The van der Waals surface area contributed by atoms with Gasteiger partial charge in [0.1, 0.15) is 0 Å². The second-order valence-electron chi connectivity index (χ2n) is 5.76. The van der Waals surface area contributed by atoms with Gasteiger partial charge < -0.3 is 4.90 Å². The van der Waals surface area contributed by atoms with Gasteiger partial charge in [0.15, 0.2) is 5.82 Å². The van der Waals surface area contributed by atoms with Crippen LogP contribution in [0.3, 0.4) is 0 Å². The van der Waals surface area contributed by atoms with E-state index in [9.17, 15) is 4.79 Å². The minimum absolute atomic E-state index is 0.0463. The third kappa shape index (κ3) is 4.83. The molecule has 2 heterocycles. The van der Waals surface area contributed by atoms with Crippen molar-refractivity contribution in [2.24, 2.45) is 0 Å². The second-order valence-corrected chi connectivity index (χ2v) is 7.74. The molecule has 0 atom stereocenters. The van der Waals surface area contributed by atoms with Gasteiger partial charge in [0.2, 0.25) is 11.1 Å². The van der Waals surface area contributed by atoms with Crippen LogP contribution in [-0.2, 0) is 11.3 Å². The first-order valence-electron chi connectivity index (χ1n) is 8.19. The number of aromatic nitrogens is 3. The van der Waals surface area contributed by atoms with Gasteiger partial charge in [-0.15, -0.1) is 23.0 Å². The number of nitrogens with one attached hydrogen (secondary N) is 1. The largest absolute Gasteiger partial charge is 0.333 e. The monoisotopic (exact) mass is 384 g/mol. The number of aryl methyl sites for hydroxylation is 1. The van der Waals surface area contributed by atoms with E-state index in [0.29, 0.717) is 29.8 Å². The van der Waals surface area contributed by atoms with E-state index in [1.165, 1.54) is 17.3 Å². The Balaban J connectivity index is 1.59. The lowest BCUT2D eigenvalue weighted by Crippen LogP contribution is -2.31. The minimum atomic E-state index is 0.0463. The number of nitrogens with zero attached hydrogens (tertiary/aromatic N) is 3. The fourth-order valence-corrected chi connectivity index (χ4v) is 3.79. The molecule has 0 aliphatic heterocycles. The van der Waals surface area contributed by atoms with E-state index < -0.39 is 0 Å². The van der Waals surface area contributed by atoms with Crippen molar-refractivity contribution in [1.82, 2.24) is 20.1 Å². The lowest BCUT2D eigenvalue weighted by molar-refractivity contribution is -0.128. The second kappa shape index (κ2) is 8.82. The van der Waals surface area contributed by atoms with Crippen LogP contribution in [0.1, 0.15) is 10.4 Å². The Morgan fingerprint density at radius 3 is 2.85 bits per heavy atom. The van der Waals surface area contributed by atoms with E-state index in [1.54, 1.807) is 22.3 Å². The minimum Gasteiger partial charge on any atom is -0.333 e. The van der Waals surface area contributed by atoms with Gasteiger partial charge in [0, 0.05) is 17.0 Å². The molecule has 3 aromatic rings. The highest BCUT2D eigenvalue weighted by Crippen LogP contribution is 2.20. The molecular formula is C19H20N4OS2. The van der Waals surface area contributed by atoms with E-state index in [1.807, 2.05) is 48.7 Å². The van der Waals surface area contributed by atoms with Crippen LogP contribution < -0.4 is 0 Å². The van der Waals surface area contributed by atoms with Crippen molar-refractivity contribution in [3.63, 3.8) is 0 Å². The van der Waals surface area contributed by atoms with Crippen molar-refractivity contribution in [3.05, 3.63) is 64.9 Å². The molecule has 26 heavy (non-hydrogen) atoms. The van der Waals surface area contributed by atoms with Gasteiger partial charge in [-0.2, -0.15) is 0 Å². The molecule has 1 aromatic carbocycles. The van der Waals surface area contributed by atoms with E-state index in [-0.39, 0.29) is 5.91 Å². The fourth-order valence-electron chi connectivity index (χ4n) is 2.37. The molecule has 0 bridgehead atoms. The Labute approximate surface area is 161 Å². The molecule has 0 saturated carbocycles. The summed E-state index contributed by atoms with van der Waals surface area (Å²) in [7, 11) is 0. The highest BCUT2D eigenvalue weighted by atomic mass is 32.2. The molecule has 0 spiro atoms. The summed E-state index contributed by atoms with van der Waals surface area (Å²) in [4.78, 5) is 20.0. The predicted octanol–water partition coefficient (Wildman–Crippen LogP) is 4.15. The van der Waals surface area contributed by atoms with Crippen LogP contribution in [-0.4, -0.2) is 38.3 Å². The number of hydrogen-bond acceptors (Lipinski definition) is 5. The number of aromatic amines is 1. The summed E-state index contributed by atoms with van der Waals surface area (Å²) in [6, 6.07) is 12.1. The number of carbonyl (C=O) groups excluding carboxylic acids is 1. The average Bonchev–Trinajstić information content (AvgIpc) is 3.32. The molecule has 0 aliphatic rings. The first-order chi connectivity index (χ1) is 12.7. The van der Waals surface area contributed by atoms with Crippen molar-refractivity contribution in [3.8, 4) is 11.4 Å². The van der Waals surface area contributed by atoms with Gasteiger partial charge in [-0.05, 0) is 18.4 Å². The van der Waals surface area contributed by atoms with Gasteiger partial charge >= 0.3 is 0 Å². The van der Waals surface area contributed by atoms with Crippen molar-refractivity contribution < 1.29 is 4.79 Å². The zero-order valence-electron chi connectivity index (χ0n) is 14.5. The van der Waals surface area contributed by atoms with E-state index >= 15 is 0 Å². The number of amides is 1. The Morgan fingerprint density at radius 2 is 2.15 bits per heavy atom. The number of benzene rings is 1. The van der Waals surface area contributed by atoms with Crippen LogP contribution in [0.25, 0.3) is 11.4 Å². The van der Waals surface area contributed by atoms with Crippen molar-refractivity contribution in [2.75, 3.05) is 12.3 Å². The first-order valence-corrected chi connectivity index (χ1v) is 10.1.